The lowest BCUT2D eigenvalue weighted by atomic mass is 9.96. The molecule has 3 heterocycles. The summed E-state index contributed by atoms with van der Waals surface area (Å²) in [5.41, 5.74) is 5.06. The highest BCUT2D eigenvalue weighted by Gasteiger charge is 2.41. The maximum Gasteiger partial charge on any atom is 0.257 e. The van der Waals surface area contributed by atoms with E-state index in [1.165, 1.54) is 5.56 Å². The molecule has 1 amide bonds. The molecule has 5 heteroatoms. The second kappa shape index (κ2) is 4.77. The van der Waals surface area contributed by atoms with Gasteiger partial charge in [-0.3, -0.25) is 4.79 Å². The predicted molar refractivity (Wildman–Crippen MR) is 95.6 cm³/mol. The fourth-order valence-corrected chi connectivity index (χ4v) is 4.34. The number of rotatable bonds is 0. The number of carbonyl (C=O) groups is 1. The van der Waals surface area contributed by atoms with Gasteiger partial charge in [0.2, 0.25) is 0 Å². The molecule has 0 bridgehead atoms. The molecule has 0 radical (unpaired) electrons. The van der Waals surface area contributed by atoms with Crippen molar-refractivity contribution in [2.24, 2.45) is 0 Å². The minimum absolute atomic E-state index is 0.101. The van der Waals surface area contributed by atoms with Gasteiger partial charge in [0, 0.05) is 19.0 Å². The minimum Gasteiger partial charge on any atom is -0.354 e. The monoisotopic (exact) mass is 337 g/mol. The summed E-state index contributed by atoms with van der Waals surface area (Å²) in [6.07, 6.45) is 0.730. The third-order valence-electron chi connectivity index (χ3n) is 5.22. The molecule has 4 nitrogen and oxygen atoms in total. The third-order valence-corrected chi connectivity index (χ3v) is 5.54. The Balaban J connectivity index is 1.76. The van der Waals surface area contributed by atoms with Crippen LogP contribution in [0.1, 0.15) is 27.8 Å². The SMILES string of the molecule is CN1c2ccccc2C(=O)N2CCc3c([nH]c4c(Cl)cccc34)C21. The molecule has 2 aromatic carbocycles. The van der Waals surface area contributed by atoms with Crippen molar-refractivity contribution >= 4 is 34.1 Å². The Bertz CT molecular complexity index is 993. The number of fused-ring (bicyclic) bond motifs is 6. The first kappa shape index (κ1) is 13.9. The molecule has 1 unspecified atom stereocenters. The maximum absolute atomic E-state index is 12.9. The Hall–Kier alpha value is -2.46. The van der Waals surface area contributed by atoms with Crippen molar-refractivity contribution in [2.45, 2.75) is 12.6 Å². The van der Waals surface area contributed by atoms with Crippen LogP contribution < -0.4 is 4.90 Å². The van der Waals surface area contributed by atoms with E-state index in [4.69, 9.17) is 11.6 Å². The number of halogens is 1. The lowest BCUT2D eigenvalue weighted by Gasteiger charge is -2.46. The van der Waals surface area contributed by atoms with Crippen LogP contribution in [0.2, 0.25) is 5.02 Å². The highest BCUT2D eigenvalue weighted by molar-refractivity contribution is 6.35. The summed E-state index contributed by atoms with van der Waals surface area (Å²) in [6, 6.07) is 13.8. The highest BCUT2D eigenvalue weighted by Crippen LogP contribution is 2.43. The number of amides is 1. The van der Waals surface area contributed by atoms with Crippen LogP contribution in [0, 0.1) is 0 Å². The molecular formula is C19H16ClN3O. The van der Waals surface area contributed by atoms with Crippen molar-refractivity contribution in [2.75, 3.05) is 18.5 Å². The summed E-state index contributed by atoms with van der Waals surface area (Å²) in [5, 5.41) is 1.88. The molecule has 1 N–H and O–H groups in total. The number of benzene rings is 2. The van der Waals surface area contributed by atoms with Gasteiger partial charge in [-0.15, -0.1) is 0 Å². The normalized spacial score (nSPS) is 19.2. The minimum atomic E-state index is -0.111. The number of hydrogen-bond acceptors (Lipinski definition) is 2. The fraction of sp³-hybridized carbons (Fsp3) is 0.211. The first-order valence-electron chi connectivity index (χ1n) is 8.08. The third kappa shape index (κ3) is 1.66. The van der Waals surface area contributed by atoms with Crippen LogP contribution >= 0.6 is 11.6 Å². The van der Waals surface area contributed by atoms with Crippen LogP contribution in [0.25, 0.3) is 10.9 Å². The first-order chi connectivity index (χ1) is 11.7. The van der Waals surface area contributed by atoms with Crippen molar-refractivity contribution in [1.29, 1.82) is 0 Å². The van der Waals surface area contributed by atoms with E-state index >= 15 is 0 Å². The molecule has 0 saturated carbocycles. The molecule has 0 saturated heterocycles. The number of aromatic amines is 1. The lowest BCUT2D eigenvalue weighted by Crippen LogP contribution is -2.51. The fourth-order valence-electron chi connectivity index (χ4n) is 4.12. The van der Waals surface area contributed by atoms with Gasteiger partial charge in [0.1, 0.15) is 6.17 Å². The van der Waals surface area contributed by atoms with Crippen LogP contribution in [0.4, 0.5) is 5.69 Å². The molecule has 0 aliphatic carbocycles. The van der Waals surface area contributed by atoms with E-state index in [0.29, 0.717) is 6.54 Å². The summed E-state index contributed by atoms with van der Waals surface area (Å²) in [5.74, 6) is 0.101. The van der Waals surface area contributed by atoms with Crippen molar-refractivity contribution < 1.29 is 4.79 Å². The number of aromatic nitrogens is 1. The van der Waals surface area contributed by atoms with Crippen molar-refractivity contribution in [3.63, 3.8) is 0 Å². The maximum atomic E-state index is 12.9. The van der Waals surface area contributed by atoms with Gasteiger partial charge in [0.15, 0.2) is 0 Å². The second-order valence-corrected chi connectivity index (χ2v) is 6.84. The number of H-pyrrole nitrogens is 1. The van der Waals surface area contributed by atoms with Gasteiger partial charge >= 0.3 is 0 Å². The summed E-state index contributed by atoms with van der Waals surface area (Å²) >= 11 is 6.37. The number of anilines is 1. The number of hydrogen-bond donors (Lipinski definition) is 1. The smallest absolute Gasteiger partial charge is 0.257 e. The first-order valence-corrected chi connectivity index (χ1v) is 8.46. The predicted octanol–water partition coefficient (Wildman–Crippen LogP) is 3.97. The van der Waals surface area contributed by atoms with Crippen molar-refractivity contribution in [1.82, 2.24) is 9.88 Å². The van der Waals surface area contributed by atoms with Crippen LogP contribution in [0.15, 0.2) is 42.5 Å². The summed E-state index contributed by atoms with van der Waals surface area (Å²) < 4.78 is 0. The molecule has 5 rings (SSSR count). The Morgan fingerprint density at radius 3 is 2.88 bits per heavy atom. The van der Waals surface area contributed by atoms with E-state index in [1.807, 2.05) is 48.3 Å². The summed E-state index contributed by atoms with van der Waals surface area (Å²) in [4.78, 5) is 20.6. The largest absolute Gasteiger partial charge is 0.354 e. The lowest BCUT2D eigenvalue weighted by molar-refractivity contribution is 0.0634. The zero-order valence-electron chi connectivity index (χ0n) is 13.2. The molecule has 0 fully saturated rings. The zero-order valence-corrected chi connectivity index (χ0v) is 14.0. The van der Waals surface area contributed by atoms with E-state index in [1.54, 1.807) is 0 Å². The number of nitrogens with zero attached hydrogens (tertiary/aromatic N) is 2. The van der Waals surface area contributed by atoms with E-state index in [-0.39, 0.29) is 12.1 Å². The summed E-state index contributed by atoms with van der Waals surface area (Å²) in [6.45, 7) is 0.717. The Kier molecular flexibility index (Phi) is 2.77. The van der Waals surface area contributed by atoms with Crippen molar-refractivity contribution in [3.8, 4) is 0 Å². The second-order valence-electron chi connectivity index (χ2n) is 6.43. The molecule has 3 aromatic rings. The van der Waals surface area contributed by atoms with E-state index in [2.05, 4.69) is 16.0 Å². The van der Waals surface area contributed by atoms with Gasteiger partial charge < -0.3 is 14.8 Å². The van der Waals surface area contributed by atoms with Crippen molar-refractivity contribution in [3.05, 3.63) is 64.3 Å². The molecular weight excluding hydrogens is 322 g/mol. The highest BCUT2D eigenvalue weighted by atomic mass is 35.5. The number of carbonyl (C=O) groups excluding carboxylic acids is 1. The molecule has 120 valence electrons. The van der Waals surface area contributed by atoms with Gasteiger partial charge in [-0.05, 0) is 30.2 Å². The molecule has 2 aliphatic rings. The Labute approximate surface area is 144 Å². The van der Waals surface area contributed by atoms with Gasteiger partial charge in [0.05, 0.1) is 27.5 Å². The topological polar surface area (TPSA) is 39.3 Å². The zero-order chi connectivity index (χ0) is 16.4. The van der Waals surface area contributed by atoms with E-state index < -0.39 is 0 Å². The molecule has 0 spiro atoms. The van der Waals surface area contributed by atoms with Crippen LogP contribution in [-0.2, 0) is 6.42 Å². The van der Waals surface area contributed by atoms with Gasteiger partial charge in [0.25, 0.3) is 5.91 Å². The van der Waals surface area contributed by atoms with Gasteiger partial charge in [-0.25, -0.2) is 0 Å². The van der Waals surface area contributed by atoms with E-state index in [9.17, 15) is 4.79 Å². The van der Waals surface area contributed by atoms with Gasteiger partial charge in [-0.2, -0.15) is 0 Å². The molecule has 2 aliphatic heterocycles. The number of nitrogens with one attached hydrogen (secondary N) is 1. The molecule has 24 heavy (non-hydrogen) atoms. The molecule has 1 atom stereocenters. The number of para-hydroxylation sites is 2. The Morgan fingerprint density at radius 2 is 2.00 bits per heavy atom. The quantitative estimate of drug-likeness (QED) is 0.674. The van der Waals surface area contributed by atoms with Crippen LogP contribution in [0.3, 0.4) is 0 Å². The van der Waals surface area contributed by atoms with E-state index in [0.717, 1.165) is 39.3 Å². The summed E-state index contributed by atoms with van der Waals surface area (Å²) in [7, 11) is 2.05. The average molecular weight is 338 g/mol. The van der Waals surface area contributed by atoms with Gasteiger partial charge in [-0.1, -0.05) is 35.9 Å². The standard InChI is InChI=1S/C19H16ClN3O/c1-22-15-8-3-2-5-13(15)19(24)23-10-9-12-11-6-4-7-14(20)16(11)21-17(12)18(22)23/h2-8,18,21H,9-10H2,1H3. The Morgan fingerprint density at radius 1 is 1.17 bits per heavy atom. The average Bonchev–Trinajstić information content (AvgIpc) is 2.99. The van der Waals surface area contributed by atoms with Crippen LogP contribution in [-0.4, -0.2) is 29.4 Å². The molecule has 1 aromatic heterocycles. The van der Waals surface area contributed by atoms with Crippen LogP contribution in [0.5, 0.6) is 0 Å².